The maximum absolute atomic E-state index is 14.0. The highest BCUT2D eigenvalue weighted by atomic mass is 19.3. The molecule has 112 valence electrons. The summed E-state index contributed by atoms with van der Waals surface area (Å²) in [5.74, 6) is -2.82. The quantitative estimate of drug-likeness (QED) is 0.802. The average Bonchev–Trinajstić information content (AvgIpc) is 2.28. The second kappa shape index (κ2) is 6.16. The lowest BCUT2D eigenvalue weighted by Crippen LogP contribution is -2.52. The van der Waals surface area contributed by atoms with Crippen LogP contribution in [-0.2, 0) is 0 Å². The standard InChI is InChI=1S/C14H25F3N2/c1-5-18-12(3)14(13(4,16)17)6-8-19(9-7-14)10-11(2)15/h11,18H,3,5-10H2,1-2,4H3. The predicted molar refractivity (Wildman–Crippen MR) is 72.1 cm³/mol. The van der Waals surface area contributed by atoms with Gasteiger partial charge in [0.15, 0.2) is 0 Å². The third-order valence-electron chi connectivity index (χ3n) is 4.03. The first-order chi connectivity index (χ1) is 8.73. The van der Waals surface area contributed by atoms with Crippen molar-refractivity contribution in [1.82, 2.24) is 10.2 Å². The molecule has 1 rings (SSSR count). The van der Waals surface area contributed by atoms with Crippen molar-refractivity contribution in [3.05, 3.63) is 12.3 Å². The third-order valence-corrected chi connectivity index (χ3v) is 4.03. The summed E-state index contributed by atoms with van der Waals surface area (Å²) in [6, 6.07) is 0. The molecule has 0 aromatic heterocycles. The van der Waals surface area contributed by atoms with Gasteiger partial charge in [0.25, 0.3) is 5.92 Å². The van der Waals surface area contributed by atoms with Crippen LogP contribution >= 0.6 is 0 Å². The molecule has 1 N–H and O–H groups in total. The molecular weight excluding hydrogens is 253 g/mol. The zero-order valence-electron chi connectivity index (χ0n) is 12.1. The number of alkyl halides is 3. The second-order valence-electron chi connectivity index (χ2n) is 5.56. The van der Waals surface area contributed by atoms with Gasteiger partial charge in [-0.05, 0) is 39.8 Å². The molecule has 0 aromatic rings. The molecule has 5 heteroatoms. The molecule has 0 amide bonds. The van der Waals surface area contributed by atoms with E-state index in [-0.39, 0.29) is 0 Å². The molecule has 1 heterocycles. The van der Waals surface area contributed by atoms with E-state index in [0.717, 1.165) is 6.92 Å². The Kier molecular flexibility index (Phi) is 5.30. The number of hydrogen-bond acceptors (Lipinski definition) is 2. The Balaban J connectivity index is 2.79. The highest BCUT2D eigenvalue weighted by Crippen LogP contribution is 2.49. The molecule has 19 heavy (non-hydrogen) atoms. The number of piperidine rings is 1. The number of rotatable bonds is 6. The van der Waals surface area contributed by atoms with E-state index in [2.05, 4.69) is 11.9 Å². The Labute approximate surface area is 114 Å². The molecule has 1 unspecified atom stereocenters. The van der Waals surface area contributed by atoms with Gasteiger partial charge >= 0.3 is 0 Å². The number of allylic oxidation sites excluding steroid dienone is 1. The van der Waals surface area contributed by atoms with Crippen molar-refractivity contribution in [2.75, 3.05) is 26.2 Å². The van der Waals surface area contributed by atoms with E-state index in [0.29, 0.717) is 44.7 Å². The van der Waals surface area contributed by atoms with Crippen molar-refractivity contribution in [2.24, 2.45) is 5.41 Å². The third kappa shape index (κ3) is 3.65. The van der Waals surface area contributed by atoms with Gasteiger partial charge in [0.05, 0.1) is 5.41 Å². The fraction of sp³-hybridized carbons (Fsp3) is 0.857. The highest BCUT2D eigenvalue weighted by Gasteiger charge is 2.53. The molecule has 0 saturated carbocycles. The Hall–Kier alpha value is -0.710. The number of halogens is 3. The average molecular weight is 278 g/mol. The number of nitrogens with one attached hydrogen (secondary N) is 1. The van der Waals surface area contributed by atoms with Crippen LogP contribution in [0.25, 0.3) is 0 Å². The molecule has 1 saturated heterocycles. The normalized spacial score (nSPS) is 22.0. The van der Waals surface area contributed by atoms with E-state index in [4.69, 9.17) is 0 Å². The minimum Gasteiger partial charge on any atom is -0.388 e. The first-order valence-electron chi connectivity index (χ1n) is 6.90. The molecule has 1 aliphatic heterocycles. The summed E-state index contributed by atoms with van der Waals surface area (Å²) < 4.78 is 41.0. The van der Waals surface area contributed by atoms with Gasteiger partial charge in [0.1, 0.15) is 6.17 Å². The Morgan fingerprint density at radius 1 is 1.42 bits per heavy atom. The summed E-state index contributed by atoms with van der Waals surface area (Å²) in [6.07, 6.45) is -0.295. The van der Waals surface area contributed by atoms with Crippen LogP contribution in [0.15, 0.2) is 12.3 Å². The minimum atomic E-state index is -2.82. The van der Waals surface area contributed by atoms with Crippen molar-refractivity contribution < 1.29 is 13.2 Å². The van der Waals surface area contributed by atoms with Crippen LogP contribution in [0.5, 0.6) is 0 Å². The van der Waals surface area contributed by atoms with Gasteiger partial charge in [-0.3, -0.25) is 0 Å². The monoisotopic (exact) mass is 278 g/mol. The molecule has 2 nitrogen and oxygen atoms in total. The van der Waals surface area contributed by atoms with Crippen LogP contribution in [0.2, 0.25) is 0 Å². The smallest absolute Gasteiger partial charge is 0.256 e. The van der Waals surface area contributed by atoms with E-state index >= 15 is 0 Å². The minimum absolute atomic E-state index is 0.315. The van der Waals surface area contributed by atoms with Crippen LogP contribution in [0.3, 0.4) is 0 Å². The molecule has 0 spiro atoms. The highest BCUT2D eigenvalue weighted by molar-refractivity contribution is 5.15. The summed E-state index contributed by atoms with van der Waals surface area (Å²) in [4.78, 5) is 1.91. The fourth-order valence-corrected chi connectivity index (χ4v) is 2.86. The Morgan fingerprint density at radius 2 is 1.95 bits per heavy atom. The van der Waals surface area contributed by atoms with Gasteiger partial charge in [0.2, 0.25) is 0 Å². The molecular formula is C14H25F3N2. The molecule has 0 bridgehead atoms. The largest absolute Gasteiger partial charge is 0.388 e. The lowest BCUT2D eigenvalue weighted by Gasteiger charge is -2.46. The van der Waals surface area contributed by atoms with Crippen molar-refractivity contribution in [2.45, 2.75) is 45.7 Å². The van der Waals surface area contributed by atoms with Gasteiger partial charge in [-0.15, -0.1) is 0 Å². The van der Waals surface area contributed by atoms with Gasteiger partial charge in [0, 0.05) is 25.7 Å². The number of nitrogens with zero attached hydrogens (tertiary/aromatic N) is 1. The van der Waals surface area contributed by atoms with Crippen LogP contribution in [0.4, 0.5) is 13.2 Å². The van der Waals surface area contributed by atoms with Crippen LogP contribution < -0.4 is 5.32 Å². The molecule has 0 aliphatic carbocycles. The van der Waals surface area contributed by atoms with E-state index in [1.54, 1.807) is 0 Å². The zero-order valence-corrected chi connectivity index (χ0v) is 12.1. The zero-order chi connectivity index (χ0) is 14.7. The maximum atomic E-state index is 14.0. The van der Waals surface area contributed by atoms with Gasteiger partial charge in [-0.1, -0.05) is 6.58 Å². The molecule has 0 radical (unpaired) electrons. The molecule has 1 fully saturated rings. The fourth-order valence-electron chi connectivity index (χ4n) is 2.86. The lowest BCUT2D eigenvalue weighted by atomic mass is 9.71. The van der Waals surface area contributed by atoms with Gasteiger partial charge in [-0.25, -0.2) is 13.2 Å². The molecule has 0 aromatic carbocycles. The number of hydrogen-bond donors (Lipinski definition) is 1. The van der Waals surface area contributed by atoms with Crippen LogP contribution in [0.1, 0.15) is 33.6 Å². The Morgan fingerprint density at radius 3 is 2.32 bits per heavy atom. The summed E-state index contributed by atoms with van der Waals surface area (Å²) in [6.45, 7) is 10.0. The number of likely N-dealkylation sites (tertiary alicyclic amines) is 1. The van der Waals surface area contributed by atoms with Gasteiger partial charge < -0.3 is 10.2 Å². The molecule has 1 atom stereocenters. The van der Waals surface area contributed by atoms with Crippen molar-refractivity contribution >= 4 is 0 Å². The van der Waals surface area contributed by atoms with Crippen molar-refractivity contribution in [1.29, 1.82) is 0 Å². The molecule has 1 aliphatic rings. The van der Waals surface area contributed by atoms with E-state index < -0.39 is 17.5 Å². The maximum Gasteiger partial charge on any atom is 0.256 e. The van der Waals surface area contributed by atoms with Crippen LogP contribution in [0, 0.1) is 5.41 Å². The summed E-state index contributed by atoms with van der Waals surface area (Å²) in [5.41, 5.74) is -0.797. The second-order valence-corrected chi connectivity index (χ2v) is 5.56. The van der Waals surface area contributed by atoms with Gasteiger partial charge in [-0.2, -0.15) is 0 Å². The van der Waals surface area contributed by atoms with Crippen molar-refractivity contribution in [3.63, 3.8) is 0 Å². The summed E-state index contributed by atoms with van der Waals surface area (Å²) >= 11 is 0. The summed E-state index contributed by atoms with van der Waals surface area (Å²) in [5, 5.41) is 2.95. The first kappa shape index (κ1) is 16.3. The van der Waals surface area contributed by atoms with Crippen molar-refractivity contribution in [3.8, 4) is 0 Å². The Bertz CT molecular complexity index is 302. The van der Waals surface area contributed by atoms with E-state index in [1.807, 2.05) is 11.8 Å². The predicted octanol–water partition coefficient (Wildman–Crippen LogP) is 3.21. The van der Waals surface area contributed by atoms with E-state index in [9.17, 15) is 13.2 Å². The van der Waals surface area contributed by atoms with E-state index in [1.165, 1.54) is 6.92 Å². The SMILES string of the molecule is C=C(NCC)C1(C(C)(F)F)CCN(CC(C)F)CC1. The summed E-state index contributed by atoms with van der Waals surface area (Å²) in [7, 11) is 0. The lowest BCUT2D eigenvalue weighted by molar-refractivity contribution is -0.115. The first-order valence-corrected chi connectivity index (χ1v) is 6.90. The van der Waals surface area contributed by atoms with Crippen LogP contribution in [-0.4, -0.2) is 43.2 Å². The topological polar surface area (TPSA) is 15.3 Å².